The molecule has 134 valence electrons. The van der Waals surface area contributed by atoms with Gasteiger partial charge in [0.05, 0.1) is 0 Å². The van der Waals surface area contributed by atoms with Crippen LogP contribution in [0, 0.1) is 5.92 Å². The van der Waals surface area contributed by atoms with Crippen molar-refractivity contribution in [2.75, 3.05) is 19.6 Å². The van der Waals surface area contributed by atoms with E-state index >= 15 is 0 Å². The van der Waals surface area contributed by atoms with E-state index in [2.05, 4.69) is 10.2 Å². The number of halogens is 1. The predicted octanol–water partition coefficient (Wildman–Crippen LogP) is 3.44. The Kier molecular flexibility index (Phi) is 7.18. The number of nitrogens with one attached hydrogen (secondary N) is 1. The number of hydrogen-bond acceptors (Lipinski definition) is 3. The van der Waals surface area contributed by atoms with Gasteiger partial charge in [-0.25, -0.2) is 0 Å². The first-order valence-corrected chi connectivity index (χ1v) is 9.45. The van der Waals surface area contributed by atoms with Gasteiger partial charge in [0.2, 0.25) is 0 Å². The second kappa shape index (κ2) is 8.68. The molecule has 2 N–H and O–H groups in total. The highest BCUT2D eigenvalue weighted by Crippen LogP contribution is 2.47. The molecule has 3 atom stereocenters. The Morgan fingerprint density at radius 1 is 0.957 bits per heavy atom. The van der Waals surface area contributed by atoms with Crippen molar-refractivity contribution >= 4 is 18.4 Å². The Morgan fingerprint density at radius 2 is 1.61 bits per heavy atom. The molecule has 0 aromatic rings. The summed E-state index contributed by atoms with van der Waals surface area (Å²) in [7, 11) is 0. The monoisotopic (exact) mass is 344 g/mol. The van der Waals surface area contributed by atoms with Crippen LogP contribution in [-0.2, 0) is 4.79 Å². The largest absolute Gasteiger partial charge is 0.480 e. The van der Waals surface area contributed by atoms with E-state index in [0.29, 0.717) is 12.0 Å². The zero-order valence-corrected chi connectivity index (χ0v) is 15.1. The van der Waals surface area contributed by atoms with E-state index in [1.54, 1.807) is 0 Å². The van der Waals surface area contributed by atoms with E-state index in [4.69, 9.17) is 0 Å². The van der Waals surface area contributed by atoms with Crippen LogP contribution in [0.2, 0.25) is 0 Å². The van der Waals surface area contributed by atoms with Crippen molar-refractivity contribution in [2.45, 2.75) is 82.2 Å². The van der Waals surface area contributed by atoms with Gasteiger partial charge in [-0.15, -0.1) is 12.4 Å². The first-order chi connectivity index (χ1) is 10.7. The molecule has 1 aliphatic carbocycles. The summed E-state index contributed by atoms with van der Waals surface area (Å²) in [5.41, 5.74) is -0.589. The highest BCUT2D eigenvalue weighted by Gasteiger charge is 2.59. The molecule has 4 nitrogen and oxygen atoms in total. The third kappa shape index (κ3) is 4.61. The van der Waals surface area contributed by atoms with Crippen LogP contribution < -0.4 is 5.32 Å². The summed E-state index contributed by atoms with van der Waals surface area (Å²) in [5.74, 6) is -0.253. The molecule has 3 rings (SSSR count). The third-order valence-corrected chi connectivity index (χ3v) is 6.14. The Morgan fingerprint density at radius 3 is 2.35 bits per heavy atom. The Hall–Kier alpha value is -0.320. The summed E-state index contributed by atoms with van der Waals surface area (Å²) in [4.78, 5) is 14.3. The van der Waals surface area contributed by atoms with Crippen molar-refractivity contribution < 1.29 is 9.90 Å². The number of carbonyl (C=O) groups is 1. The molecule has 2 aliphatic heterocycles. The maximum absolute atomic E-state index is 11.7. The van der Waals surface area contributed by atoms with E-state index in [1.807, 2.05) is 0 Å². The van der Waals surface area contributed by atoms with Gasteiger partial charge >= 0.3 is 5.97 Å². The zero-order valence-electron chi connectivity index (χ0n) is 14.3. The molecule has 0 amide bonds. The van der Waals surface area contributed by atoms with Crippen molar-refractivity contribution in [3.05, 3.63) is 0 Å². The van der Waals surface area contributed by atoms with Crippen molar-refractivity contribution in [1.29, 1.82) is 0 Å². The maximum atomic E-state index is 11.7. The van der Waals surface area contributed by atoms with Gasteiger partial charge in [0, 0.05) is 12.6 Å². The third-order valence-electron chi connectivity index (χ3n) is 6.14. The van der Waals surface area contributed by atoms with E-state index in [9.17, 15) is 9.90 Å². The van der Waals surface area contributed by atoms with Gasteiger partial charge in [-0.1, -0.05) is 38.5 Å². The summed E-state index contributed by atoms with van der Waals surface area (Å²) in [6.45, 7) is 3.27. The second-order valence-electron chi connectivity index (χ2n) is 7.65. The maximum Gasteiger partial charge on any atom is 0.324 e. The quantitative estimate of drug-likeness (QED) is 0.765. The number of carboxylic acids is 1. The van der Waals surface area contributed by atoms with E-state index in [1.165, 1.54) is 70.9 Å². The fourth-order valence-electron chi connectivity index (χ4n) is 4.54. The molecule has 3 aliphatic rings. The fraction of sp³-hybridized carbons (Fsp3) is 0.944. The molecular formula is C18H33ClN2O2. The van der Waals surface area contributed by atoms with Crippen LogP contribution in [0.3, 0.4) is 0 Å². The van der Waals surface area contributed by atoms with Gasteiger partial charge in [-0.05, 0) is 51.1 Å². The Labute approximate surface area is 146 Å². The first kappa shape index (κ1) is 19.0. The van der Waals surface area contributed by atoms with Gasteiger partial charge < -0.3 is 10.4 Å². The summed E-state index contributed by atoms with van der Waals surface area (Å²) in [6.07, 6.45) is 13.6. The topological polar surface area (TPSA) is 52.6 Å². The van der Waals surface area contributed by atoms with Crippen molar-refractivity contribution in [3.63, 3.8) is 0 Å². The second-order valence-corrected chi connectivity index (χ2v) is 7.65. The van der Waals surface area contributed by atoms with Gasteiger partial charge in [0.1, 0.15) is 5.54 Å². The number of hydrogen-bond donors (Lipinski definition) is 2. The van der Waals surface area contributed by atoms with Gasteiger partial charge in [-0.3, -0.25) is 9.69 Å². The van der Waals surface area contributed by atoms with Gasteiger partial charge in [0.25, 0.3) is 0 Å². The molecule has 5 heteroatoms. The minimum Gasteiger partial charge on any atom is -0.480 e. The lowest BCUT2D eigenvalue weighted by Crippen LogP contribution is -2.48. The summed E-state index contributed by atoms with van der Waals surface area (Å²) in [5, 5.41) is 13.1. The zero-order chi connectivity index (χ0) is 15.4. The van der Waals surface area contributed by atoms with Gasteiger partial charge in [-0.2, -0.15) is 0 Å². The molecule has 0 aromatic carbocycles. The summed E-state index contributed by atoms with van der Waals surface area (Å²) < 4.78 is 0. The van der Waals surface area contributed by atoms with Crippen molar-refractivity contribution in [2.24, 2.45) is 5.92 Å². The van der Waals surface area contributed by atoms with Crippen LogP contribution in [0.5, 0.6) is 0 Å². The molecule has 1 saturated carbocycles. The molecule has 0 radical (unpaired) electrons. The van der Waals surface area contributed by atoms with E-state index in [-0.39, 0.29) is 12.4 Å². The molecule has 0 spiro atoms. The van der Waals surface area contributed by atoms with Crippen molar-refractivity contribution in [3.8, 4) is 0 Å². The fourth-order valence-corrected chi connectivity index (χ4v) is 4.54. The van der Waals surface area contributed by atoms with Crippen molar-refractivity contribution in [1.82, 2.24) is 10.2 Å². The smallest absolute Gasteiger partial charge is 0.324 e. The normalized spacial score (nSPS) is 36.7. The number of fused-ring (bicyclic) bond motifs is 2. The molecule has 23 heavy (non-hydrogen) atoms. The van der Waals surface area contributed by atoms with Crippen LogP contribution in [0.4, 0.5) is 0 Å². The molecule has 0 bridgehead atoms. The van der Waals surface area contributed by atoms with E-state index in [0.717, 1.165) is 19.4 Å². The Balaban J connectivity index is 0.00000192. The van der Waals surface area contributed by atoms with Crippen LogP contribution in [-0.4, -0.2) is 47.2 Å². The highest BCUT2D eigenvalue weighted by atomic mass is 35.5. The first-order valence-electron chi connectivity index (χ1n) is 9.45. The number of aliphatic carboxylic acids is 1. The average Bonchev–Trinajstić information content (AvgIpc) is 3.04. The number of nitrogens with zero attached hydrogens (tertiary/aromatic N) is 1. The standard InChI is InChI=1S/C18H32N2O2.ClH/c21-17(22)18-13-15(18)9-6-4-2-1-3-5-7-11-20-12-8-10-16(20)14-19-18;/h15-16,19H,1-14H2,(H,21,22);1H. The Bertz CT molecular complexity index is 393. The molecule has 3 fully saturated rings. The minimum absolute atomic E-state index is 0. The van der Waals surface area contributed by atoms with E-state index < -0.39 is 11.5 Å². The highest BCUT2D eigenvalue weighted by molar-refractivity contribution is 5.85. The minimum atomic E-state index is -0.619. The molecule has 3 unspecified atom stereocenters. The SMILES string of the molecule is Cl.O=C(O)C12CC1CCCCCCCCCN1CCCC1CN2. The molecular weight excluding hydrogens is 312 g/mol. The lowest BCUT2D eigenvalue weighted by Gasteiger charge is -2.26. The van der Waals surface area contributed by atoms with Crippen LogP contribution in [0.25, 0.3) is 0 Å². The molecule has 2 saturated heterocycles. The summed E-state index contributed by atoms with van der Waals surface area (Å²) in [6, 6.07) is 0.558. The van der Waals surface area contributed by atoms with Crippen LogP contribution in [0.1, 0.15) is 70.6 Å². The van der Waals surface area contributed by atoms with Gasteiger partial charge in [0.15, 0.2) is 0 Å². The predicted molar refractivity (Wildman–Crippen MR) is 95.3 cm³/mol. The number of carboxylic acid groups (broad SMARTS) is 1. The number of rotatable bonds is 1. The molecule has 2 heterocycles. The lowest BCUT2D eigenvalue weighted by atomic mass is 10.0. The van der Waals surface area contributed by atoms with Crippen LogP contribution >= 0.6 is 12.4 Å². The average molecular weight is 345 g/mol. The lowest BCUT2D eigenvalue weighted by molar-refractivity contribution is -0.141. The summed E-state index contributed by atoms with van der Waals surface area (Å²) >= 11 is 0. The van der Waals surface area contributed by atoms with Crippen LogP contribution in [0.15, 0.2) is 0 Å². The molecule has 0 aromatic heterocycles.